The third-order valence-corrected chi connectivity index (χ3v) is 3.53. The number of nitrogens with zero attached hydrogens (tertiary/aromatic N) is 2. The molecule has 0 aliphatic heterocycles. The summed E-state index contributed by atoms with van der Waals surface area (Å²) in [6, 6.07) is 9.20. The average Bonchev–Trinajstić information content (AvgIpc) is 2.96. The zero-order valence-corrected chi connectivity index (χ0v) is 13.7. The van der Waals surface area contributed by atoms with Crippen LogP contribution in [0.5, 0.6) is 0 Å². The first-order valence-corrected chi connectivity index (χ1v) is 7.80. The van der Waals surface area contributed by atoms with E-state index in [1.807, 2.05) is 51.1 Å². The second kappa shape index (κ2) is 7.78. The van der Waals surface area contributed by atoms with Crippen molar-refractivity contribution in [2.45, 2.75) is 45.4 Å². The van der Waals surface area contributed by atoms with Crippen molar-refractivity contribution in [2.24, 2.45) is 0 Å². The van der Waals surface area contributed by atoms with E-state index in [0.29, 0.717) is 12.1 Å². The highest BCUT2D eigenvalue weighted by Gasteiger charge is 2.14. The Morgan fingerprint density at radius 3 is 2.57 bits per heavy atom. The highest BCUT2D eigenvalue weighted by molar-refractivity contribution is 5.89. The Hall–Kier alpha value is -2.34. The lowest BCUT2D eigenvalue weighted by Gasteiger charge is -2.18. The Labute approximate surface area is 136 Å². The Morgan fingerprint density at radius 2 is 1.96 bits per heavy atom. The smallest absolute Gasteiger partial charge is 0.319 e. The Kier molecular flexibility index (Phi) is 5.76. The predicted octanol–water partition coefficient (Wildman–Crippen LogP) is 3.10. The van der Waals surface area contributed by atoms with Gasteiger partial charge in [0.25, 0.3) is 0 Å². The van der Waals surface area contributed by atoms with Gasteiger partial charge in [-0.25, -0.2) is 4.79 Å². The molecular weight excluding hydrogens is 292 g/mol. The number of benzene rings is 1. The molecule has 0 radical (unpaired) electrons. The quantitative estimate of drug-likeness (QED) is 0.766. The van der Waals surface area contributed by atoms with Crippen molar-refractivity contribution >= 4 is 11.7 Å². The molecule has 0 bridgehead atoms. The van der Waals surface area contributed by atoms with Crippen LogP contribution in [0.15, 0.2) is 42.7 Å². The third-order valence-electron chi connectivity index (χ3n) is 3.53. The molecule has 0 fully saturated rings. The number of carbonyl (C=O) groups excluding carboxylic acids is 1. The van der Waals surface area contributed by atoms with Crippen LogP contribution in [0.3, 0.4) is 0 Å². The van der Waals surface area contributed by atoms with Crippen molar-refractivity contribution in [1.29, 1.82) is 0 Å². The number of carbonyl (C=O) groups is 1. The van der Waals surface area contributed by atoms with Crippen molar-refractivity contribution in [3.05, 3.63) is 48.3 Å². The van der Waals surface area contributed by atoms with Crippen LogP contribution < -0.4 is 10.6 Å². The number of aliphatic hydroxyl groups is 1. The first-order chi connectivity index (χ1) is 11.0. The van der Waals surface area contributed by atoms with E-state index in [0.717, 1.165) is 5.56 Å². The fraction of sp³-hybridized carbons (Fsp3) is 0.412. The van der Waals surface area contributed by atoms with E-state index in [1.165, 1.54) is 0 Å². The van der Waals surface area contributed by atoms with E-state index in [1.54, 1.807) is 17.1 Å². The fourth-order valence-electron chi connectivity index (χ4n) is 2.28. The molecule has 0 saturated heterocycles. The number of urea groups is 1. The zero-order chi connectivity index (χ0) is 16.8. The van der Waals surface area contributed by atoms with Gasteiger partial charge in [-0.3, -0.25) is 4.68 Å². The van der Waals surface area contributed by atoms with Crippen LogP contribution >= 0.6 is 0 Å². The van der Waals surface area contributed by atoms with Gasteiger partial charge in [-0.1, -0.05) is 30.3 Å². The fourth-order valence-corrected chi connectivity index (χ4v) is 2.28. The van der Waals surface area contributed by atoms with Gasteiger partial charge in [-0.15, -0.1) is 0 Å². The van der Waals surface area contributed by atoms with E-state index in [2.05, 4.69) is 15.7 Å². The standard InChI is InChI=1S/C17H24N4O2/c1-12(2)21-11-15(10-18-21)20-17(23)19-13(3)9-16(22)14-7-5-4-6-8-14/h4-8,10-13,16,22H,9H2,1-3H3,(H2,19,20,23)/t13-,16-/m0/s1. The zero-order valence-electron chi connectivity index (χ0n) is 13.7. The van der Waals surface area contributed by atoms with Crippen LogP contribution in [0.1, 0.15) is 44.9 Å². The molecule has 0 aliphatic rings. The number of hydrogen-bond acceptors (Lipinski definition) is 3. The average molecular weight is 316 g/mol. The predicted molar refractivity (Wildman–Crippen MR) is 90.2 cm³/mol. The molecule has 1 aromatic heterocycles. The maximum atomic E-state index is 12.0. The summed E-state index contributed by atoms with van der Waals surface area (Å²) >= 11 is 0. The van der Waals surface area contributed by atoms with Crippen molar-refractivity contribution < 1.29 is 9.90 Å². The lowest BCUT2D eigenvalue weighted by molar-refractivity contribution is 0.155. The van der Waals surface area contributed by atoms with Gasteiger partial charge >= 0.3 is 6.03 Å². The number of rotatable bonds is 6. The summed E-state index contributed by atoms with van der Waals surface area (Å²) in [6.07, 6.45) is 3.25. The molecule has 2 amide bonds. The van der Waals surface area contributed by atoms with Gasteiger partial charge in [0.1, 0.15) is 0 Å². The van der Waals surface area contributed by atoms with Gasteiger partial charge in [0, 0.05) is 18.3 Å². The van der Waals surface area contributed by atoms with Crippen molar-refractivity contribution in [1.82, 2.24) is 15.1 Å². The Morgan fingerprint density at radius 1 is 1.26 bits per heavy atom. The van der Waals surface area contributed by atoms with Crippen LogP contribution in [0.4, 0.5) is 10.5 Å². The molecule has 6 heteroatoms. The van der Waals surface area contributed by atoms with Gasteiger partial charge in [0.2, 0.25) is 0 Å². The van der Waals surface area contributed by atoms with Crippen molar-refractivity contribution in [3.8, 4) is 0 Å². The normalized spacial score (nSPS) is 13.6. The van der Waals surface area contributed by atoms with Gasteiger partial charge in [0.05, 0.1) is 18.0 Å². The molecule has 2 rings (SSSR count). The van der Waals surface area contributed by atoms with E-state index in [-0.39, 0.29) is 18.1 Å². The van der Waals surface area contributed by atoms with Crippen molar-refractivity contribution in [2.75, 3.05) is 5.32 Å². The van der Waals surface area contributed by atoms with Crippen LogP contribution in [-0.4, -0.2) is 27.0 Å². The molecule has 1 aromatic carbocycles. The number of aromatic nitrogens is 2. The molecular formula is C17H24N4O2. The van der Waals surface area contributed by atoms with E-state index >= 15 is 0 Å². The van der Waals surface area contributed by atoms with Gasteiger partial charge < -0.3 is 15.7 Å². The number of anilines is 1. The summed E-state index contributed by atoms with van der Waals surface area (Å²) in [4.78, 5) is 12.0. The van der Waals surface area contributed by atoms with Crippen LogP contribution in [0.2, 0.25) is 0 Å². The molecule has 0 aliphatic carbocycles. The minimum absolute atomic E-state index is 0.162. The molecule has 3 N–H and O–H groups in total. The lowest BCUT2D eigenvalue weighted by Crippen LogP contribution is -2.36. The minimum atomic E-state index is -0.602. The molecule has 23 heavy (non-hydrogen) atoms. The molecule has 2 atom stereocenters. The maximum Gasteiger partial charge on any atom is 0.319 e. The number of aliphatic hydroxyl groups excluding tert-OH is 1. The molecule has 6 nitrogen and oxygen atoms in total. The SMILES string of the molecule is CC(C)n1cc(NC(=O)N[C@@H](C)C[C@H](O)c2ccccc2)cn1. The second-order valence-electron chi connectivity index (χ2n) is 5.96. The maximum absolute atomic E-state index is 12.0. The molecule has 124 valence electrons. The molecule has 0 spiro atoms. The van der Waals surface area contributed by atoms with Gasteiger partial charge in [0.15, 0.2) is 0 Å². The molecule has 0 saturated carbocycles. The topological polar surface area (TPSA) is 79.2 Å². The largest absolute Gasteiger partial charge is 0.388 e. The van der Waals surface area contributed by atoms with Crippen LogP contribution in [0.25, 0.3) is 0 Å². The second-order valence-corrected chi connectivity index (χ2v) is 5.96. The summed E-state index contributed by atoms with van der Waals surface area (Å²) in [5.41, 5.74) is 1.49. The summed E-state index contributed by atoms with van der Waals surface area (Å²) in [5, 5.41) is 19.9. The minimum Gasteiger partial charge on any atom is -0.388 e. The summed E-state index contributed by atoms with van der Waals surface area (Å²) < 4.78 is 1.78. The van der Waals surface area contributed by atoms with Gasteiger partial charge in [-0.2, -0.15) is 5.10 Å². The van der Waals surface area contributed by atoms with Crippen molar-refractivity contribution in [3.63, 3.8) is 0 Å². The number of nitrogens with one attached hydrogen (secondary N) is 2. The Bertz CT molecular complexity index is 625. The highest BCUT2D eigenvalue weighted by Crippen LogP contribution is 2.17. The summed E-state index contributed by atoms with van der Waals surface area (Å²) in [5.74, 6) is 0. The molecule has 0 unspecified atom stereocenters. The molecule has 2 aromatic rings. The summed E-state index contributed by atoms with van der Waals surface area (Å²) in [7, 11) is 0. The molecule has 1 heterocycles. The van der Waals surface area contributed by atoms with E-state index < -0.39 is 6.10 Å². The number of amides is 2. The van der Waals surface area contributed by atoms with Crippen LogP contribution in [-0.2, 0) is 0 Å². The summed E-state index contributed by atoms with van der Waals surface area (Å²) in [6.45, 7) is 5.90. The van der Waals surface area contributed by atoms with E-state index in [9.17, 15) is 9.90 Å². The van der Waals surface area contributed by atoms with Crippen LogP contribution in [0, 0.1) is 0 Å². The number of hydrogen-bond donors (Lipinski definition) is 3. The van der Waals surface area contributed by atoms with Gasteiger partial charge in [-0.05, 0) is 32.8 Å². The van der Waals surface area contributed by atoms with E-state index in [4.69, 9.17) is 0 Å². The highest BCUT2D eigenvalue weighted by atomic mass is 16.3. The first kappa shape index (κ1) is 17.0. The Balaban J connectivity index is 1.82. The first-order valence-electron chi connectivity index (χ1n) is 7.80. The monoisotopic (exact) mass is 316 g/mol. The third kappa shape index (κ3) is 5.10. The lowest BCUT2D eigenvalue weighted by atomic mass is 10.0.